The van der Waals surface area contributed by atoms with Crippen molar-refractivity contribution in [1.29, 1.82) is 0 Å². The average molecular weight is 408 g/mol. The van der Waals surface area contributed by atoms with Crippen LogP contribution in [0.1, 0.15) is 18.4 Å². The van der Waals surface area contributed by atoms with Gasteiger partial charge >= 0.3 is 6.09 Å². The van der Waals surface area contributed by atoms with Crippen LogP contribution in [-0.2, 0) is 6.42 Å². The van der Waals surface area contributed by atoms with Crippen LogP contribution >= 0.6 is 0 Å². The Bertz CT molecular complexity index is 908. The Hall–Kier alpha value is -3.55. The van der Waals surface area contributed by atoms with Gasteiger partial charge in [0, 0.05) is 44.7 Å². The van der Waals surface area contributed by atoms with E-state index in [-0.39, 0.29) is 12.2 Å². The Balaban J connectivity index is 1.19. The molecule has 1 aromatic carbocycles. The molecule has 0 spiro atoms. The van der Waals surface area contributed by atoms with Crippen molar-refractivity contribution >= 4 is 6.09 Å². The Morgan fingerprint density at radius 3 is 2.47 bits per heavy atom. The van der Waals surface area contributed by atoms with Crippen molar-refractivity contribution in [2.75, 3.05) is 19.7 Å². The Labute approximate surface area is 175 Å². The van der Waals surface area contributed by atoms with Crippen LogP contribution in [0.3, 0.4) is 0 Å². The molecule has 4 rings (SSSR count). The summed E-state index contributed by atoms with van der Waals surface area (Å²) in [6.45, 7) is 1.75. The zero-order valence-electron chi connectivity index (χ0n) is 16.6. The lowest BCUT2D eigenvalue weighted by atomic mass is 10.1. The van der Waals surface area contributed by atoms with Gasteiger partial charge < -0.3 is 19.2 Å². The fourth-order valence-electron chi connectivity index (χ4n) is 3.22. The van der Waals surface area contributed by atoms with E-state index in [0.717, 1.165) is 30.6 Å². The number of carbonyl (C=O) groups is 1. The molecular formula is C22H24N4O4. The van der Waals surface area contributed by atoms with E-state index in [4.69, 9.17) is 14.3 Å². The first-order valence-corrected chi connectivity index (χ1v) is 10.0. The van der Waals surface area contributed by atoms with Gasteiger partial charge in [-0.3, -0.25) is 4.98 Å². The second-order valence-corrected chi connectivity index (χ2v) is 6.99. The number of hydrogen-bond acceptors (Lipinski definition) is 6. The molecule has 0 atom stereocenters. The van der Waals surface area contributed by atoms with Gasteiger partial charge in [0.05, 0.1) is 19.0 Å². The molecule has 0 radical (unpaired) electrons. The number of pyridine rings is 1. The number of aromatic nitrogens is 3. The van der Waals surface area contributed by atoms with Gasteiger partial charge in [0.1, 0.15) is 17.6 Å². The molecule has 0 bridgehead atoms. The van der Waals surface area contributed by atoms with E-state index in [1.165, 1.54) is 4.85 Å². The number of rotatable bonds is 7. The summed E-state index contributed by atoms with van der Waals surface area (Å²) >= 11 is 0. The number of benzene rings is 1. The SMILES string of the molecule is O=C(Oc1ccc(CCOc2ccncc2)cc1)N1CCC(On2cccn2)CC1. The van der Waals surface area contributed by atoms with Crippen LogP contribution in [0.4, 0.5) is 4.79 Å². The van der Waals surface area contributed by atoms with Crippen molar-refractivity contribution in [3.05, 3.63) is 72.8 Å². The predicted octanol–water partition coefficient (Wildman–Crippen LogP) is 2.99. The Morgan fingerprint density at radius 1 is 1.00 bits per heavy atom. The largest absolute Gasteiger partial charge is 0.493 e. The first-order chi connectivity index (χ1) is 14.8. The molecule has 3 aromatic rings. The number of likely N-dealkylation sites (tertiary alicyclic amines) is 1. The van der Waals surface area contributed by atoms with Crippen LogP contribution < -0.4 is 14.3 Å². The maximum atomic E-state index is 12.4. The van der Waals surface area contributed by atoms with Gasteiger partial charge in [-0.05, 0) is 35.9 Å². The van der Waals surface area contributed by atoms with E-state index in [1.807, 2.05) is 42.5 Å². The van der Waals surface area contributed by atoms with Crippen molar-refractivity contribution in [3.63, 3.8) is 0 Å². The lowest BCUT2D eigenvalue weighted by Crippen LogP contribution is -2.44. The number of nitrogens with zero attached hydrogens (tertiary/aromatic N) is 4. The number of carbonyl (C=O) groups excluding carboxylic acids is 1. The standard InChI is InChI=1S/C22H24N4O4/c27-22(25-15-8-21(9-16-25)30-26-14-1-11-24-26)29-20-4-2-18(3-5-20)10-17-28-19-6-12-23-13-7-19/h1-7,11-14,21H,8-10,15-17H2. The summed E-state index contributed by atoms with van der Waals surface area (Å²) in [5.74, 6) is 1.34. The molecule has 8 heteroatoms. The Kier molecular flexibility index (Phi) is 6.44. The van der Waals surface area contributed by atoms with Gasteiger partial charge in [0.15, 0.2) is 0 Å². The number of ether oxygens (including phenoxy) is 2. The summed E-state index contributed by atoms with van der Waals surface area (Å²) in [6.07, 6.45) is 8.79. The summed E-state index contributed by atoms with van der Waals surface area (Å²) in [4.78, 5) is 25.3. The topological polar surface area (TPSA) is 78.7 Å². The van der Waals surface area contributed by atoms with Crippen molar-refractivity contribution in [1.82, 2.24) is 19.8 Å². The van der Waals surface area contributed by atoms with Gasteiger partial charge in [0.2, 0.25) is 0 Å². The highest BCUT2D eigenvalue weighted by atomic mass is 16.7. The van der Waals surface area contributed by atoms with Crippen molar-refractivity contribution in [2.24, 2.45) is 0 Å². The van der Waals surface area contributed by atoms with Crippen LogP contribution in [0.25, 0.3) is 0 Å². The molecule has 2 aromatic heterocycles. The van der Waals surface area contributed by atoms with Gasteiger partial charge in [-0.2, -0.15) is 0 Å². The molecule has 30 heavy (non-hydrogen) atoms. The molecule has 8 nitrogen and oxygen atoms in total. The summed E-state index contributed by atoms with van der Waals surface area (Å²) in [6, 6.07) is 13.0. The number of amides is 1. The third kappa shape index (κ3) is 5.50. The quantitative estimate of drug-likeness (QED) is 0.598. The van der Waals surface area contributed by atoms with Gasteiger partial charge in [-0.15, -0.1) is 9.94 Å². The van der Waals surface area contributed by atoms with E-state index >= 15 is 0 Å². The third-order valence-electron chi connectivity index (χ3n) is 4.88. The molecular weight excluding hydrogens is 384 g/mol. The maximum absolute atomic E-state index is 12.4. The second kappa shape index (κ2) is 9.78. The lowest BCUT2D eigenvalue weighted by molar-refractivity contribution is -0.0162. The predicted molar refractivity (Wildman–Crippen MR) is 109 cm³/mol. The number of piperidine rings is 1. The van der Waals surface area contributed by atoms with Crippen LogP contribution in [0, 0.1) is 0 Å². The minimum atomic E-state index is -0.332. The average Bonchev–Trinajstić information content (AvgIpc) is 3.29. The van der Waals surface area contributed by atoms with Crippen LogP contribution in [0.2, 0.25) is 0 Å². The molecule has 156 valence electrons. The second-order valence-electron chi connectivity index (χ2n) is 6.99. The summed E-state index contributed by atoms with van der Waals surface area (Å²) in [5.41, 5.74) is 1.11. The Morgan fingerprint density at radius 2 is 1.77 bits per heavy atom. The maximum Gasteiger partial charge on any atom is 0.415 e. The molecule has 1 fully saturated rings. The summed E-state index contributed by atoms with van der Waals surface area (Å²) < 4.78 is 11.2. The molecule has 0 unspecified atom stereocenters. The number of hydrogen-bond donors (Lipinski definition) is 0. The van der Waals surface area contributed by atoms with Gasteiger partial charge in [-0.25, -0.2) is 4.79 Å². The van der Waals surface area contributed by atoms with E-state index in [2.05, 4.69) is 10.1 Å². The van der Waals surface area contributed by atoms with E-state index in [1.54, 1.807) is 29.7 Å². The van der Waals surface area contributed by atoms with E-state index in [9.17, 15) is 4.79 Å². The normalized spacial score (nSPS) is 14.3. The molecule has 0 aliphatic carbocycles. The molecule has 1 aliphatic rings. The summed E-state index contributed by atoms with van der Waals surface area (Å²) in [5, 5.41) is 4.04. The summed E-state index contributed by atoms with van der Waals surface area (Å²) in [7, 11) is 0. The smallest absolute Gasteiger partial charge is 0.415 e. The van der Waals surface area contributed by atoms with Gasteiger partial charge in [-0.1, -0.05) is 12.1 Å². The monoisotopic (exact) mass is 408 g/mol. The zero-order chi connectivity index (χ0) is 20.6. The molecule has 0 saturated carbocycles. The van der Waals surface area contributed by atoms with Crippen molar-refractivity contribution < 1.29 is 19.1 Å². The minimum Gasteiger partial charge on any atom is -0.493 e. The van der Waals surface area contributed by atoms with E-state index < -0.39 is 0 Å². The van der Waals surface area contributed by atoms with Crippen molar-refractivity contribution in [2.45, 2.75) is 25.4 Å². The highest BCUT2D eigenvalue weighted by Gasteiger charge is 2.25. The van der Waals surface area contributed by atoms with Crippen molar-refractivity contribution in [3.8, 4) is 11.5 Å². The lowest BCUT2D eigenvalue weighted by Gasteiger charge is -2.30. The first-order valence-electron chi connectivity index (χ1n) is 10.0. The highest BCUT2D eigenvalue weighted by Crippen LogP contribution is 2.17. The first kappa shape index (κ1) is 19.8. The molecule has 0 N–H and O–H groups in total. The molecule has 3 heterocycles. The fraction of sp³-hybridized carbons (Fsp3) is 0.318. The molecule has 1 saturated heterocycles. The van der Waals surface area contributed by atoms with Crippen LogP contribution in [-0.4, -0.2) is 51.7 Å². The molecule has 1 amide bonds. The van der Waals surface area contributed by atoms with E-state index in [0.29, 0.717) is 25.4 Å². The highest BCUT2D eigenvalue weighted by molar-refractivity contribution is 5.70. The van der Waals surface area contributed by atoms with Gasteiger partial charge in [0.25, 0.3) is 0 Å². The third-order valence-corrected chi connectivity index (χ3v) is 4.88. The fourth-order valence-corrected chi connectivity index (χ4v) is 3.22. The molecule has 1 aliphatic heterocycles. The zero-order valence-corrected chi connectivity index (χ0v) is 16.6. The minimum absolute atomic E-state index is 0.0441. The van der Waals surface area contributed by atoms with Crippen LogP contribution in [0.5, 0.6) is 11.5 Å². The van der Waals surface area contributed by atoms with Crippen LogP contribution in [0.15, 0.2) is 67.3 Å².